The molecule has 4 rings (SSSR count). The van der Waals surface area contributed by atoms with Gasteiger partial charge in [-0.25, -0.2) is 14.4 Å². The zero-order chi connectivity index (χ0) is 24.5. The number of thiazole rings is 1. The summed E-state index contributed by atoms with van der Waals surface area (Å²) in [6.45, 7) is 4.19. The highest BCUT2D eigenvalue weighted by molar-refractivity contribution is 7.16. The molecule has 5 N–H and O–H groups in total. The zero-order valence-electron chi connectivity index (χ0n) is 19.4. The van der Waals surface area contributed by atoms with Gasteiger partial charge in [0.2, 0.25) is 0 Å². The van der Waals surface area contributed by atoms with Gasteiger partial charge in [0.1, 0.15) is 12.0 Å². The number of carbonyl (C=O) groups excluding carboxylic acids is 1. The third kappa shape index (κ3) is 5.81. The Kier molecular flexibility index (Phi) is 6.75. The number of amides is 1. The molecule has 1 saturated carbocycles. The number of hydrogen-bond donors (Lipinski definition) is 5. The average molecular weight is 488 g/mol. The maximum absolute atomic E-state index is 14.2. The van der Waals surface area contributed by atoms with Gasteiger partial charge in [-0.05, 0) is 58.2 Å². The maximum Gasteiger partial charge on any atom is 0.255 e. The molecule has 0 bridgehead atoms. The van der Waals surface area contributed by atoms with Crippen LogP contribution >= 0.6 is 11.3 Å². The van der Waals surface area contributed by atoms with Crippen LogP contribution in [0, 0.1) is 0 Å². The molecule has 1 fully saturated rings. The van der Waals surface area contributed by atoms with E-state index in [4.69, 9.17) is 0 Å². The summed E-state index contributed by atoms with van der Waals surface area (Å²) in [7, 11) is 0. The van der Waals surface area contributed by atoms with Crippen LogP contribution in [-0.2, 0) is 0 Å². The van der Waals surface area contributed by atoms with E-state index < -0.39 is 23.3 Å². The van der Waals surface area contributed by atoms with E-state index in [2.05, 4.69) is 25.9 Å². The molecule has 2 unspecified atom stereocenters. The predicted molar refractivity (Wildman–Crippen MR) is 133 cm³/mol. The van der Waals surface area contributed by atoms with Crippen LogP contribution in [0.4, 0.5) is 21.6 Å². The summed E-state index contributed by atoms with van der Waals surface area (Å²) in [5, 5.41) is 29.3. The lowest BCUT2D eigenvalue weighted by atomic mass is 10.0. The number of alkyl halides is 1. The van der Waals surface area contributed by atoms with E-state index in [-0.39, 0.29) is 18.2 Å². The van der Waals surface area contributed by atoms with Crippen LogP contribution in [-0.4, -0.2) is 56.0 Å². The molecule has 1 aliphatic carbocycles. The number of fused-ring (bicyclic) bond motifs is 1. The summed E-state index contributed by atoms with van der Waals surface area (Å²) in [6, 6.07) is 7.53. The summed E-state index contributed by atoms with van der Waals surface area (Å²) in [4.78, 5) is 21.5. The summed E-state index contributed by atoms with van der Waals surface area (Å²) in [5.74, 6) is 0.0387. The number of nitrogens with one attached hydrogen (secondary N) is 3. The molecule has 0 spiro atoms. The van der Waals surface area contributed by atoms with Crippen molar-refractivity contribution in [1.82, 2.24) is 15.3 Å². The first-order valence-electron chi connectivity index (χ1n) is 11.2. The molecule has 1 amide bonds. The van der Waals surface area contributed by atoms with Crippen LogP contribution < -0.4 is 16.0 Å². The number of nitrogens with zero attached hydrogens (tertiary/aromatic N) is 2. The summed E-state index contributed by atoms with van der Waals surface area (Å²) >= 11 is 1.54. The molecule has 0 radical (unpaired) electrons. The minimum Gasteiger partial charge on any atom is -0.390 e. The second kappa shape index (κ2) is 9.44. The number of anilines is 3. The molecule has 182 valence electrons. The van der Waals surface area contributed by atoms with Crippen molar-refractivity contribution >= 4 is 44.7 Å². The van der Waals surface area contributed by atoms with E-state index in [1.165, 1.54) is 20.0 Å². The number of rotatable bonds is 8. The molecule has 1 aromatic carbocycles. The summed E-state index contributed by atoms with van der Waals surface area (Å²) in [5.41, 5.74) is 2.03. The van der Waals surface area contributed by atoms with Gasteiger partial charge in [-0.15, -0.1) is 11.3 Å². The van der Waals surface area contributed by atoms with Crippen LogP contribution in [0.25, 0.3) is 10.2 Å². The van der Waals surface area contributed by atoms with E-state index in [0.717, 1.165) is 22.3 Å². The van der Waals surface area contributed by atoms with E-state index in [1.807, 2.05) is 18.2 Å². The van der Waals surface area contributed by atoms with Gasteiger partial charge in [0.25, 0.3) is 5.91 Å². The van der Waals surface area contributed by atoms with Gasteiger partial charge in [0.15, 0.2) is 0 Å². The number of halogens is 1. The van der Waals surface area contributed by atoms with E-state index in [1.54, 1.807) is 29.8 Å². The Morgan fingerprint density at radius 1 is 1.35 bits per heavy atom. The lowest BCUT2D eigenvalue weighted by Gasteiger charge is -2.23. The van der Waals surface area contributed by atoms with Gasteiger partial charge in [0.05, 0.1) is 44.7 Å². The second-order valence-electron chi connectivity index (χ2n) is 9.69. The fraction of sp³-hybridized carbons (Fsp3) is 0.458. The molecule has 8 nitrogen and oxygen atoms in total. The van der Waals surface area contributed by atoms with E-state index in [0.29, 0.717) is 24.3 Å². The van der Waals surface area contributed by atoms with Crippen molar-refractivity contribution in [2.75, 3.05) is 17.2 Å². The average Bonchev–Trinajstić information content (AvgIpc) is 3.36. The van der Waals surface area contributed by atoms with E-state index in [9.17, 15) is 19.4 Å². The van der Waals surface area contributed by atoms with Crippen molar-refractivity contribution in [1.29, 1.82) is 0 Å². The molecule has 2 heterocycles. The molecule has 34 heavy (non-hydrogen) atoms. The standard InChI is InChI=1S/C24H30FN5O3S/c1-23(2,32)20(25)12-27-22(31)16-11-26-21(9-18(16)29-15-6-7-24(3,33)10-15)30-14-4-5-17-19(8-14)34-13-28-17/h4-5,8-9,11,13,15,20,32-33H,6-7,10,12H2,1-3H3,(H,27,31)(H2,26,29,30)/t15?,20-,24?/m1/s1. The molecule has 2 aromatic heterocycles. The highest BCUT2D eigenvalue weighted by Gasteiger charge is 2.33. The largest absolute Gasteiger partial charge is 0.390 e. The summed E-state index contributed by atoms with van der Waals surface area (Å²) in [6.07, 6.45) is 1.79. The number of carbonyl (C=O) groups is 1. The van der Waals surface area contributed by atoms with Crippen LogP contribution in [0.5, 0.6) is 0 Å². The smallest absolute Gasteiger partial charge is 0.255 e. The minimum absolute atomic E-state index is 0.0179. The molecule has 1 aliphatic rings. The van der Waals surface area contributed by atoms with Crippen molar-refractivity contribution < 1.29 is 19.4 Å². The highest BCUT2D eigenvalue weighted by atomic mass is 32.1. The molecular formula is C24H30FN5O3S. The molecule has 0 aliphatic heterocycles. The first-order chi connectivity index (χ1) is 16.0. The molecular weight excluding hydrogens is 457 g/mol. The van der Waals surface area contributed by atoms with E-state index >= 15 is 0 Å². The second-order valence-corrected chi connectivity index (χ2v) is 10.6. The Morgan fingerprint density at radius 2 is 2.15 bits per heavy atom. The number of aliphatic hydroxyl groups is 2. The van der Waals surface area contributed by atoms with Crippen molar-refractivity contribution in [2.24, 2.45) is 0 Å². The molecule has 3 atom stereocenters. The Bertz CT molecular complexity index is 1180. The highest BCUT2D eigenvalue weighted by Crippen LogP contribution is 2.33. The predicted octanol–water partition coefficient (Wildman–Crippen LogP) is 3.99. The summed E-state index contributed by atoms with van der Waals surface area (Å²) < 4.78 is 15.2. The quantitative estimate of drug-likeness (QED) is 0.326. The lowest BCUT2D eigenvalue weighted by Crippen LogP contribution is -2.42. The SMILES string of the molecule is CC1(O)CCC(Nc2cc(Nc3ccc4ncsc4c3)ncc2C(=O)NC[C@@H](F)C(C)(C)O)C1. The third-order valence-corrected chi connectivity index (χ3v) is 6.83. The Morgan fingerprint density at radius 3 is 2.85 bits per heavy atom. The topological polar surface area (TPSA) is 119 Å². The van der Waals surface area contributed by atoms with Crippen LogP contribution in [0.3, 0.4) is 0 Å². The maximum atomic E-state index is 14.2. The van der Waals surface area contributed by atoms with Crippen LogP contribution in [0.1, 0.15) is 50.4 Å². The van der Waals surface area contributed by atoms with Gasteiger partial charge in [-0.1, -0.05) is 0 Å². The number of aromatic nitrogens is 2. The van der Waals surface area contributed by atoms with Crippen molar-refractivity contribution in [3.8, 4) is 0 Å². The van der Waals surface area contributed by atoms with Crippen molar-refractivity contribution in [2.45, 2.75) is 63.4 Å². The molecule has 10 heteroatoms. The fourth-order valence-corrected chi connectivity index (χ4v) is 4.71. The Balaban J connectivity index is 1.56. The number of pyridine rings is 1. The normalized spacial score (nSPS) is 21.4. The first kappa shape index (κ1) is 24.3. The fourth-order valence-electron chi connectivity index (χ4n) is 4.00. The lowest BCUT2D eigenvalue weighted by molar-refractivity contribution is -0.00177. The molecule has 0 saturated heterocycles. The zero-order valence-corrected chi connectivity index (χ0v) is 20.2. The minimum atomic E-state index is -1.62. The van der Waals surface area contributed by atoms with Gasteiger partial charge in [-0.2, -0.15) is 0 Å². The Hall–Kier alpha value is -2.82. The Labute approximate surface area is 201 Å². The van der Waals surface area contributed by atoms with Gasteiger partial charge in [0, 0.05) is 24.0 Å². The third-order valence-electron chi connectivity index (χ3n) is 6.04. The van der Waals surface area contributed by atoms with Crippen LogP contribution in [0.2, 0.25) is 0 Å². The number of benzene rings is 1. The monoisotopic (exact) mass is 487 g/mol. The van der Waals surface area contributed by atoms with Crippen LogP contribution in [0.15, 0.2) is 36.0 Å². The molecule has 3 aromatic rings. The van der Waals surface area contributed by atoms with Crippen molar-refractivity contribution in [3.05, 3.63) is 41.5 Å². The first-order valence-corrected chi connectivity index (χ1v) is 12.1. The van der Waals surface area contributed by atoms with Crippen molar-refractivity contribution in [3.63, 3.8) is 0 Å². The van der Waals surface area contributed by atoms with Gasteiger partial charge in [-0.3, -0.25) is 4.79 Å². The van der Waals surface area contributed by atoms with Gasteiger partial charge >= 0.3 is 0 Å². The van der Waals surface area contributed by atoms with Gasteiger partial charge < -0.3 is 26.2 Å². The number of hydrogen-bond acceptors (Lipinski definition) is 8.